The van der Waals surface area contributed by atoms with E-state index in [1.54, 1.807) is 4.52 Å². The maximum atomic E-state index is 5.61. The molecule has 0 spiro atoms. The summed E-state index contributed by atoms with van der Waals surface area (Å²) in [4.78, 5) is 4.75. The molecule has 0 saturated carbocycles. The standard InChI is InChI=1S/C9H10N8OS/c10-8-11-5(12-14-8)7-16-17-6(4-2-1-3-18-4)13-15-9(17)19-7/h4H,1-3H2,(H3,10,11,12,14). The van der Waals surface area contributed by atoms with Crippen LogP contribution in [0.5, 0.6) is 0 Å². The van der Waals surface area contributed by atoms with E-state index in [2.05, 4.69) is 30.5 Å². The first-order valence-electron chi connectivity index (χ1n) is 5.83. The molecule has 1 saturated heterocycles. The highest BCUT2D eigenvalue weighted by Crippen LogP contribution is 2.30. The summed E-state index contributed by atoms with van der Waals surface area (Å²) in [5, 5.41) is 19.9. The number of nitrogens with one attached hydrogen (secondary N) is 1. The molecular weight excluding hydrogens is 268 g/mol. The summed E-state index contributed by atoms with van der Waals surface area (Å²) < 4.78 is 7.31. The summed E-state index contributed by atoms with van der Waals surface area (Å²) in [6.07, 6.45) is 1.96. The predicted molar refractivity (Wildman–Crippen MR) is 66.4 cm³/mol. The number of nitrogens with two attached hydrogens (primary N) is 1. The molecule has 1 atom stereocenters. The summed E-state index contributed by atoms with van der Waals surface area (Å²) in [7, 11) is 0. The molecule has 0 bridgehead atoms. The normalized spacial score (nSPS) is 19.5. The van der Waals surface area contributed by atoms with Gasteiger partial charge in [-0.1, -0.05) is 11.3 Å². The molecule has 1 fully saturated rings. The van der Waals surface area contributed by atoms with Gasteiger partial charge in [0, 0.05) is 6.61 Å². The van der Waals surface area contributed by atoms with Crippen LogP contribution in [-0.4, -0.2) is 41.6 Å². The first-order valence-corrected chi connectivity index (χ1v) is 6.65. The van der Waals surface area contributed by atoms with Gasteiger partial charge >= 0.3 is 0 Å². The molecule has 98 valence electrons. The van der Waals surface area contributed by atoms with Crippen molar-refractivity contribution in [3.05, 3.63) is 5.82 Å². The van der Waals surface area contributed by atoms with E-state index in [1.165, 1.54) is 11.3 Å². The first kappa shape index (κ1) is 10.8. The van der Waals surface area contributed by atoms with Gasteiger partial charge in [-0.25, -0.2) is 0 Å². The van der Waals surface area contributed by atoms with E-state index in [-0.39, 0.29) is 12.1 Å². The second-order valence-corrected chi connectivity index (χ2v) is 5.16. The zero-order valence-electron chi connectivity index (χ0n) is 9.78. The van der Waals surface area contributed by atoms with Crippen LogP contribution in [0.15, 0.2) is 0 Å². The van der Waals surface area contributed by atoms with E-state index in [0.29, 0.717) is 15.8 Å². The van der Waals surface area contributed by atoms with E-state index >= 15 is 0 Å². The quantitative estimate of drug-likeness (QED) is 0.696. The van der Waals surface area contributed by atoms with Gasteiger partial charge in [0.1, 0.15) is 6.10 Å². The number of fused-ring (bicyclic) bond motifs is 1. The molecule has 1 unspecified atom stereocenters. The average molecular weight is 278 g/mol. The monoisotopic (exact) mass is 278 g/mol. The minimum atomic E-state index is -0.0234. The summed E-state index contributed by atoms with van der Waals surface area (Å²) in [6.45, 7) is 0.759. The van der Waals surface area contributed by atoms with Crippen LogP contribution in [0.4, 0.5) is 5.95 Å². The first-order chi connectivity index (χ1) is 9.31. The summed E-state index contributed by atoms with van der Waals surface area (Å²) in [5.74, 6) is 1.47. The van der Waals surface area contributed by atoms with E-state index < -0.39 is 0 Å². The zero-order valence-corrected chi connectivity index (χ0v) is 10.6. The van der Waals surface area contributed by atoms with Gasteiger partial charge in [-0.15, -0.1) is 20.4 Å². The Morgan fingerprint density at radius 1 is 1.42 bits per heavy atom. The lowest BCUT2D eigenvalue weighted by Crippen LogP contribution is -2.03. The molecule has 3 N–H and O–H groups in total. The Kier molecular flexibility index (Phi) is 2.26. The minimum absolute atomic E-state index is 0.0234. The molecule has 9 nitrogen and oxygen atoms in total. The highest BCUT2D eigenvalue weighted by Gasteiger charge is 2.25. The number of rotatable bonds is 2. The van der Waals surface area contributed by atoms with Crippen molar-refractivity contribution in [2.24, 2.45) is 0 Å². The van der Waals surface area contributed by atoms with Crippen LogP contribution < -0.4 is 5.73 Å². The number of hydrogen-bond donors (Lipinski definition) is 2. The third kappa shape index (κ3) is 1.68. The Balaban J connectivity index is 1.79. The number of nitrogens with zero attached hydrogens (tertiary/aromatic N) is 6. The van der Waals surface area contributed by atoms with Gasteiger partial charge in [-0.3, -0.25) is 5.10 Å². The second kappa shape index (κ2) is 3.96. The molecule has 1 aliphatic heterocycles. The van der Waals surface area contributed by atoms with Crippen LogP contribution in [-0.2, 0) is 4.74 Å². The molecule has 3 aromatic heterocycles. The van der Waals surface area contributed by atoms with E-state index in [1.807, 2.05) is 0 Å². The minimum Gasteiger partial charge on any atom is -0.370 e. The van der Waals surface area contributed by atoms with Crippen LogP contribution in [0.1, 0.15) is 24.8 Å². The van der Waals surface area contributed by atoms with Crippen molar-refractivity contribution in [2.45, 2.75) is 18.9 Å². The molecule has 1 aliphatic rings. The van der Waals surface area contributed by atoms with Crippen molar-refractivity contribution >= 4 is 22.2 Å². The Bertz CT molecular complexity index is 724. The molecule has 0 amide bonds. The van der Waals surface area contributed by atoms with E-state index in [9.17, 15) is 0 Å². The van der Waals surface area contributed by atoms with Gasteiger partial charge in [0.2, 0.25) is 10.9 Å². The SMILES string of the molecule is Nc1n[nH]c(-c2nn3c(C4CCCO4)nnc3s2)n1. The maximum Gasteiger partial charge on any atom is 0.239 e. The average Bonchev–Trinajstić information content (AvgIpc) is 3.11. The zero-order chi connectivity index (χ0) is 12.8. The molecular formula is C9H10N8OS. The molecule has 4 heterocycles. The van der Waals surface area contributed by atoms with Gasteiger partial charge in [0.25, 0.3) is 0 Å². The molecule has 10 heteroatoms. The van der Waals surface area contributed by atoms with Crippen LogP contribution in [0.25, 0.3) is 15.8 Å². The topological polar surface area (TPSA) is 120 Å². The Morgan fingerprint density at radius 3 is 3.11 bits per heavy atom. The molecule has 3 aromatic rings. The number of aromatic nitrogens is 7. The van der Waals surface area contributed by atoms with E-state index in [4.69, 9.17) is 10.5 Å². The second-order valence-electron chi connectivity index (χ2n) is 4.20. The summed E-state index contributed by atoms with van der Waals surface area (Å²) in [5.41, 5.74) is 5.48. The number of hydrogen-bond acceptors (Lipinski definition) is 8. The van der Waals surface area contributed by atoms with Gasteiger partial charge < -0.3 is 10.5 Å². The fourth-order valence-electron chi connectivity index (χ4n) is 2.08. The highest BCUT2D eigenvalue weighted by atomic mass is 32.1. The molecule has 0 aliphatic carbocycles. The van der Waals surface area contributed by atoms with E-state index in [0.717, 1.165) is 25.3 Å². The number of nitrogen functional groups attached to an aromatic ring is 1. The fraction of sp³-hybridized carbons (Fsp3) is 0.444. The molecule has 0 radical (unpaired) electrons. The third-order valence-corrected chi connectivity index (χ3v) is 3.84. The van der Waals surface area contributed by atoms with Crippen molar-refractivity contribution in [1.29, 1.82) is 0 Å². The third-order valence-electron chi connectivity index (χ3n) is 2.94. The van der Waals surface area contributed by atoms with Gasteiger partial charge in [-0.05, 0) is 12.8 Å². The van der Waals surface area contributed by atoms with Crippen molar-refractivity contribution in [3.63, 3.8) is 0 Å². The van der Waals surface area contributed by atoms with Crippen molar-refractivity contribution in [2.75, 3.05) is 12.3 Å². The lowest BCUT2D eigenvalue weighted by molar-refractivity contribution is 0.103. The highest BCUT2D eigenvalue weighted by molar-refractivity contribution is 7.19. The summed E-state index contributed by atoms with van der Waals surface area (Å²) >= 11 is 1.38. The van der Waals surface area contributed by atoms with Crippen molar-refractivity contribution in [1.82, 2.24) is 35.0 Å². The lowest BCUT2D eigenvalue weighted by Gasteiger charge is -2.03. The van der Waals surface area contributed by atoms with Gasteiger partial charge in [-0.2, -0.15) is 9.50 Å². The van der Waals surface area contributed by atoms with Crippen LogP contribution in [0.2, 0.25) is 0 Å². The van der Waals surface area contributed by atoms with Crippen molar-refractivity contribution < 1.29 is 4.74 Å². The Hall–Kier alpha value is -2.07. The lowest BCUT2D eigenvalue weighted by atomic mass is 10.2. The van der Waals surface area contributed by atoms with Crippen LogP contribution >= 0.6 is 11.3 Å². The summed E-state index contributed by atoms with van der Waals surface area (Å²) in [6, 6.07) is 0. The van der Waals surface area contributed by atoms with Crippen LogP contribution in [0.3, 0.4) is 0 Å². The maximum absolute atomic E-state index is 5.61. The smallest absolute Gasteiger partial charge is 0.239 e. The van der Waals surface area contributed by atoms with Gasteiger partial charge in [0.15, 0.2) is 16.7 Å². The molecule has 0 aromatic carbocycles. The molecule has 19 heavy (non-hydrogen) atoms. The Labute approximate surface area is 110 Å². The number of ether oxygens (including phenoxy) is 1. The Morgan fingerprint density at radius 2 is 2.37 bits per heavy atom. The number of aromatic amines is 1. The fourth-order valence-corrected chi connectivity index (χ4v) is 2.87. The predicted octanol–water partition coefficient (Wildman–Crippen LogP) is 0.405. The number of H-pyrrole nitrogens is 1. The number of anilines is 1. The van der Waals surface area contributed by atoms with Gasteiger partial charge in [0.05, 0.1) is 0 Å². The molecule has 4 rings (SSSR count). The van der Waals surface area contributed by atoms with Crippen LogP contribution in [0, 0.1) is 0 Å². The van der Waals surface area contributed by atoms with Crippen molar-refractivity contribution in [3.8, 4) is 10.8 Å². The largest absolute Gasteiger partial charge is 0.370 e.